The van der Waals surface area contributed by atoms with Crippen molar-refractivity contribution in [3.05, 3.63) is 58.8 Å². The van der Waals surface area contributed by atoms with Crippen molar-refractivity contribution in [2.75, 3.05) is 37.6 Å². The van der Waals surface area contributed by atoms with Gasteiger partial charge in [0.05, 0.1) is 11.0 Å². The molecule has 2 aromatic carbocycles. The molecule has 2 aromatic rings. The lowest BCUT2D eigenvalue weighted by atomic mass is 10.2. The molecule has 154 valence electrons. The van der Waals surface area contributed by atoms with Crippen LogP contribution in [0.2, 0.25) is 0 Å². The molecule has 1 N–H and O–H groups in total. The molecule has 1 aliphatic heterocycles. The molecule has 0 saturated carbocycles. The number of anilines is 1. The SMILES string of the molecule is CC(Oc1ccc(F)cc1Br)C(=O)NCC(=O)N1CCN(c2ccccc2)CC1. The summed E-state index contributed by atoms with van der Waals surface area (Å²) < 4.78 is 19.1. The summed E-state index contributed by atoms with van der Waals surface area (Å²) in [5.41, 5.74) is 1.14. The van der Waals surface area contributed by atoms with Crippen molar-refractivity contribution in [2.24, 2.45) is 0 Å². The van der Waals surface area contributed by atoms with Crippen molar-refractivity contribution >= 4 is 33.4 Å². The lowest BCUT2D eigenvalue weighted by molar-refractivity contribution is -0.134. The number of nitrogens with zero attached hydrogens (tertiary/aromatic N) is 2. The molecule has 8 heteroatoms. The van der Waals surface area contributed by atoms with Crippen LogP contribution in [0.4, 0.5) is 10.1 Å². The number of rotatable bonds is 6. The summed E-state index contributed by atoms with van der Waals surface area (Å²) in [6, 6.07) is 14.0. The molecule has 1 unspecified atom stereocenters. The number of para-hydroxylation sites is 1. The van der Waals surface area contributed by atoms with E-state index >= 15 is 0 Å². The van der Waals surface area contributed by atoms with Gasteiger partial charge in [0.15, 0.2) is 6.10 Å². The van der Waals surface area contributed by atoms with Gasteiger partial charge in [-0.05, 0) is 53.2 Å². The van der Waals surface area contributed by atoms with Crippen LogP contribution >= 0.6 is 15.9 Å². The van der Waals surface area contributed by atoms with Crippen molar-refractivity contribution in [3.8, 4) is 5.75 Å². The first-order valence-corrected chi connectivity index (χ1v) is 10.2. The maximum absolute atomic E-state index is 13.1. The van der Waals surface area contributed by atoms with Gasteiger partial charge in [0, 0.05) is 31.9 Å². The van der Waals surface area contributed by atoms with Crippen LogP contribution in [0, 0.1) is 5.82 Å². The molecular weight excluding hydrogens is 441 g/mol. The topological polar surface area (TPSA) is 61.9 Å². The van der Waals surface area contributed by atoms with Crippen molar-refractivity contribution in [1.82, 2.24) is 10.2 Å². The van der Waals surface area contributed by atoms with Crippen LogP contribution in [-0.4, -0.2) is 55.5 Å². The van der Waals surface area contributed by atoms with Crippen molar-refractivity contribution in [1.29, 1.82) is 0 Å². The normalized spacial score (nSPS) is 15.0. The Morgan fingerprint density at radius 2 is 1.83 bits per heavy atom. The second-order valence-corrected chi connectivity index (χ2v) is 7.61. The van der Waals surface area contributed by atoms with E-state index in [0.717, 1.165) is 18.8 Å². The highest BCUT2D eigenvalue weighted by Gasteiger charge is 2.23. The summed E-state index contributed by atoms with van der Waals surface area (Å²) in [7, 11) is 0. The van der Waals surface area contributed by atoms with Gasteiger partial charge < -0.3 is 19.9 Å². The van der Waals surface area contributed by atoms with Crippen molar-refractivity contribution < 1.29 is 18.7 Å². The number of halogens is 2. The van der Waals surface area contributed by atoms with Gasteiger partial charge in [0.2, 0.25) is 5.91 Å². The molecule has 1 atom stereocenters. The molecule has 1 heterocycles. The Bertz CT molecular complexity index is 858. The fraction of sp³-hybridized carbons (Fsp3) is 0.333. The van der Waals surface area contributed by atoms with E-state index in [2.05, 4.69) is 38.3 Å². The molecule has 0 aromatic heterocycles. The van der Waals surface area contributed by atoms with E-state index in [1.807, 2.05) is 18.2 Å². The highest BCUT2D eigenvalue weighted by atomic mass is 79.9. The molecule has 0 aliphatic carbocycles. The number of nitrogens with one attached hydrogen (secondary N) is 1. The van der Waals surface area contributed by atoms with Gasteiger partial charge >= 0.3 is 0 Å². The molecule has 29 heavy (non-hydrogen) atoms. The third kappa shape index (κ3) is 5.69. The summed E-state index contributed by atoms with van der Waals surface area (Å²) in [4.78, 5) is 28.7. The van der Waals surface area contributed by atoms with E-state index in [0.29, 0.717) is 23.3 Å². The highest BCUT2D eigenvalue weighted by molar-refractivity contribution is 9.10. The average Bonchev–Trinajstić information content (AvgIpc) is 2.74. The summed E-state index contributed by atoms with van der Waals surface area (Å²) in [5.74, 6) is -0.574. The molecule has 0 bridgehead atoms. The molecular formula is C21H23BrFN3O3. The third-order valence-electron chi connectivity index (χ3n) is 4.73. The van der Waals surface area contributed by atoms with Crippen LogP contribution < -0.4 is 15.0 Å². The number of amides is 2. The summed E-state index contributed by atoms with van der Waals surface area (Å²) in [5, 5.41) is 2.62. The predicted octanol–water partition coefficient (Wildman–Crippen LogP) is 2.82. The first kappa shape index (κ1) is 21.1. The monoisotopic (exact) mass is 463 g/mol. The number of piperazine rings is 1. The van der Waals surface area contributed by atoms with Crippen LogP contribution in [0.3, 0.4) is 0 Å². The lowest BCUT2D eigenvalue weighted by Gasteiger charge is -2.36. The zero-order valence-electron chi connectivity index (χ0n) is 16.1. The maximum atomic E-state index is 13.1. The first-order chi connectivity index (χ1) is 13.9. The summed E-state index contributed by atoms with van der Waals surface area (Å²) >= 11 is 3.20. The molecule has 1 saturated heterocycles. The Balaban J connectivity index is 1.43. The highest BCUT2D eigenvalue weighted by Crippen LogP contribution is 2.26. The molecule has 1 aliphatic rings. The summed E-state index contributed by atoms with van der Waals surface area (Å²) in [6.07, 6.45) is -0.820. The Morgan fingerprint density at radius 1 is 1.14 bits per heavy atom. The fourth-order valence-electron chi connectivity index (χ4n) is 3.09. The van der Waals surface area contributed by atoms with Gasteiger partial charge in [-0.15, -0.1) is 0 Å². The second-order valence-electron chi connectivity index (χ2n) is 6.76. The van der Waals surface area contributed by atoms with E-state index in [-0.39, 0.29) is 12.5 Å². The molecule has 0 radical (unpaired) electrons. The first-order valence-electron chi connectivity index (χ1n) is 9.41. The number of benzene rings is 2. The zero-order valence-corrected chi connectivity index (χ0v) is 17.7. The minimum atomic E-state index is -0.820. The average molecular weight is 464 g/mol. The van der Waals surface area contributed by atoms with Gasteiger partial charge in [-0.3, -0.25) is 9.59 Å². The number of hydrogen-bond acceptors (Lipinski definition) is 4. The quantitative estimate of drug-likeness (QED) is 0.715. The smallest absolute Gasteiger partial charge is 0.261 e. The molecule has 2 amide bonds. The largest absolute Gasteiger partial charge is 0.480 e. The number of ether oxygens (including phenoxy) is 1. The number of carbonyl (C=O) groups is 2. The van der Waals surface area contributed by atoms with Crippen molar-refractivity contribution in [2.45, 2.75) is 13.0 Å². The predicted molar refractivity (Wildman–Crippen MR) is 112 cm³/mol. The Morgan fingerprint density at radius 3 is 2.48 bits per heavy atom. The van der Waals surface area contributed by atoms with Gasteiger partial charge in [0.1, 0.15) is 11.6 Å². The Labute approximate surface area is 177 Å². The van der Waals surface area contributed by atoms with Crippen LogP contribution in [0.1, 0.15) is 6.92 Å². The summed E-state index contributed by atoms with van der Waals surface area (Å²) in [6.45, 7) is 4.22. The lowest BCUT2D eigenvalue weighted by Crippen LogP contribution is -2.52. The van der Waals surface area contributed by atoms with Gasteiger partial charge in [-0.1, -0.05) is 18.2 Å². The molecule has 3 rings (SSSR count). The third-order valence-corrected chi connectivity index (χ3v) is 5.35. The van der Waals surface area contributed by atoms with Crippen LogP contribution in [0.25, 0.3) is 0 Å². The van der Waals surface area contributed by atoms with Gasteiger partial charge in [0.25, 0.3) is 5.91 Å². The Hall–Kier alpha value is -2.61. The molecule has 6 nitrogen and oxygen atoms in total. The zero-order chi connectivity index (χ0) is 20.8. The van der Waals surface area contributed by atoms with Crippen LogP contribution in [0.15, 0.2) is 53.0 Å². The van der Waals surface area contributed by atoms with Crippen LogP contribution in [-0.2, 0) is 9.59 Å². The van der Waals surface area contributed by atoms with E-state index in [4.69, 9.17) is 4.74 Å². The van der Waals surface area contributed by atoms with E-state index in [9.17, 15) is 14.0 Å². The number of hydrogen-bond donors (Lipinski definition) is 1. The standard InChI is InChI=1S/C21H23BrFN3O3/c1-15(29-19-8-7-16(23)13-18(19)22)21(28)24-14-20(27)26-11-9-25(10-12-26)17-5-3-2-4-6-17/h2-8,13,15H,9-12,14H2,1H3,(H,24,28). The minimum Gasteiger partial charge on any atom is -0.480 e. The van der Waals surface area contributed by atoms with Crippen molar-refractivity contribution in [3.63, 3.8) is 0 Å². The maximum Gasteiger partial charge on any atom is 0.261 e. The van der Waals surface area contributed by atoms with Crippen LogP contribution in [0.5, 0.6) is 5.75 Å². The van der Waals surface area contributed by atoms with E-state index in [1.165, 1.54) is 18.2 Å². The number of carbonyl (C=O) groups excluding carboxylic acids is 2. The fourth-order valence-corrected chi connectivity index (χ4v) is 3.53. The Kier molecular flexibility index (Phi) is 7.09. The molecule has 0 spiro atoms. The molecule has 1 fully saturated rings. The van der Waals surface area contributed by atoms with E-state index < -0.39 is 17.8 Å². The van der Waals surface area contributed by atoms with Gasteiger partial charge in [-0.2, -0.15) is 0 Å². The van der Waals surface area contributed by atoms with Gasteiger partial charge in [-0.25, -0.2) is 4.39 Å². The minimum absolute atomic E-state index is 0.0809. The van der Waals surface area contributed by atoms with E-state index in [1.54, 1.807) is 11.8 Å². The second kappa shape index (κ2) is 9.73.